The van der Waals surface area contributed by atoms with Gasteiger partial charge in [0.1, 0.15) is 5.82 Å². The molecule has 0 unspecified atom stereocenters. The Morgan fingerprint density at radius 1 is 1.10 bits per heavy atom. The lowest BCUT2D eigenvalue weighted by molar-refractivity contribution is -0.113. The molecule has 1 N–H and O–H groups in total. The van der Waals surface area contributed by atoms with E-state index in [1.165, 1.54) is 11.8 Å². The second kappa shape index (κ2) is 11.1. The molecule has 0 aliphatic carbocycles. The van der Waals surface area contributed by atoms with Crippen molar-refractivity contribution in [2.24, 2.45) is 7.05 Å². The number of thioether (sulfide) groups is 2. The van der Waals surface area contributed by atoms with Gasteiger partial charge in [0, 0.05) is 33.0 Å². The molecule has 0 aliphatic heterocycles. The van der Waals surface area contributed by atoms with E-state index in [9.17, 15) is 4.79 Å². The predicted octanol–water partition coefficient (Wildman–Crippen LogP) is 6.70. The Morgan fingerprint density at radius 2 is 1.90 bits per heavy atom. The standard InChI is InChI=1S/C19H16BrCl3N4OS2/c1-27-17(9-29-8-11-2-3-12(21)6-15(11)22)25-26-19(27)30-10-18(28)24-13-4-5-14(20)16(23)7-13/h2-7H,8-10H2,1H3,(H,24,28). The highest BCUT2D eigenvalue weighted by Gasteiger charge is 2.12. The molecule has 0 aliphatic rings. The minimum absolute atomic E-state index is 0.144. The van der Waals surface area contributed by atoms with Crippen molar-refractivity contribution in [3.63, 3.8) is 0 Å². The van der Waals surface area contributed by atoms with Crippen LogP contribution in [-0.2, 0) is 23.3 Å². The topological polar surface area (TPSA) is 59.8 Å². The zero-order chi connectivity index (χ0) is 21.7. The lowest BCUT2D eigenvalue weighted by Crippen LogP contribution is -2.14. The molecule has 0 saturated heterocycles. The molecule has 158 valence electrons. The van der Waals surface area contributed by atoms with E-state index in [-0.39, 0.29) is 11.7 Å². The second-order valence-corrected chi connectivity index (χ2v) is 10.2. The van der Waals surface area contributed by atoms with Crippen LogP contribution in [0.3, 0.4) is 0 Å². The number of nitrogens with zero attached hydrogens (tertiary/aromatic N) is 3. The number of benzene rings is 2. The first kappa shape index (κ1) is 23.8. The first-order chi connectivity index (χ1) is 14.3. The predicted molar refractivity (Wildman–Crippen MR) is 131 cm³/mol. The van der Waals surface area contributed by atoms with Crippen LogP contribution in [0.4, 0.5) is 5.69 Å². The molecule has 2 aromatic carbocycles. The summed E-state index contributed by atoms with van der Waals surface area (Å²) < 4.78 is 2.67. The molecule has 11 heteroatoms. The number of halogens is 4. The van der Waals surface area contributed by atoms with E-state index in [0.717, 1.165) is 21.6 Å². The van der Waals surface area contributed by atoms with Crippen molar-refractivity contribution in [1.29, 1.82) is 0 Å². The summed E-state index contributed by atoms with van der Waals surface area (Å²) in [7, 11) is 1.89. The lowest BCUT2D eigenvalue weighted by Gasteiger charge is -2.07. The minimum Gasteiger partial charge on any atom is -0.325 e. The average Bonchev–Trinajstić information content (AvgIpc) is 3.04. The average molecular weight is 567 g/mol. The van der Waals surface area contributed by atoms with Gasteiger partial charge in [-0.15, -0.1) is 22.0 Å². The van der Waals surface area contributed by atoms with Crippen LogP contribution in [0.5, 0.6) is 0 Å². The van der Waals surface area contributed by atoms with Gasteiger partial charge in [-0.2, -0.15) is 0 Å². The molecule has 30 heavy (non-hydrogen) atoms. The summed E-state index contributed by atoms with van der Waals surface area (Å²) in [5, 5.41) is 13.7. The van der Waals surface area contributed by atoms with Gasteiger partial charge >= 0.3 is 0 Å². The van der Waals surface area contributed by atoms with Crippen LogP contribution in [0, 0.1) is 0 Å². The first-order valence-corrected chi connectivity index (χ1v) is 12.7. The van der Waals surface area contributed by atoms with E-state index in [2.05, 4.69) is 31.4 Å². The highest BCUT2D eigenvalue weighted by atomic mass is 79.9. The van der Waals surface area contributed by atoms with E-state index in [1.807, 2.05) is 23.7 Å². The van der Waals surface area contributed by atoms with E-state index >= 15 is 0 Å². The highest BCUT2D eigenvalue weighted by molar-refractivity contribution is 9.10. The number of amides is 1. The van der Waals surface area contributed by atoms with Crippen LogP contribution in [0.15, 0.2) is 46.0 Å². The third-order valence-electron chi connectivity index (χ3n) is 3.96. The van der Waals surface area contributed by atoms with Crippen LogP contribution < -0.4 is 5.32 Å². The van der Waals surface area contributed by atoms with Crippen molar-refractivity contribution in [1.82, 2.24) is 14.8 Å². The van der Waals surface area contributed by atoms with Gasteiger partial charge in [0.2, 0.25) is 5.91 Å². The molecule has 0 saturated carbocycles. The Morgan fingerprint density at radius 3 is 2.63 bits per heavy atom. The van der Waals surface area contributed by atoms with Gasteiger partial charge in [0.25, 0.3) is 0 Å². The van der Waals surface area contributed by atoms with Crippen LogP contribution in [0.1, 0.15) is 11.4 Å². The van der Waals surface area contributed by atoms with Gasteiger partial charge < -0.3 is 9.88 Å². The molecule has 1 heterocycles. The quantitative estimate of drug-likeness (QED) is 0.308. The molecule has 0 bridgehead atoms. The molecular weight excluding hydrogens is 551 g/mol. The first-order valence-electron chi connectivity index (χ1n) is 8.61. The lowest BCUT2D eigenvalue weighted by atomic mass is 10.2. The van der Waals surface area contributed by atoms with E-state index in [4.69, 9.17) is 34.8 Å². The summed E-state index contributed by atoms with van der Waals surface area (Å²) >= 11 is 24.5. The van der Waals surface area contributed by atoms with Gasteiger partial charge in [-0.1, -0.05) is 52.6 Å². The maximum absolute atomic E-state index is 12.2. The minimum atomic E-state index is -0.144. The maximum atomic E-state index is 12.2. The number of hydrogen-bond donors (Lipinski definition) is 1. The number of rotatable bonds is 8. The molecule has 0 radical (unpaired) electrons. The molecule has 0 spiro atoms. The highest BCUT2D eigenvalue weighted by Crippen LogP contribution is 2.27. The molecule has 0 atom stereocenters. The summed E-state index contributed by atoms with van der Waals surface area (Å²) in [5.74, 6) is 2.31. The third kappa shape index (κ3) is 6.55. The Kier molecular flexibility index (Phi) is 8.80. The summed E-state index contributed by atoms with van der Waals surface area (Å²) in [6.45, 7) is 0. The summed E-state index contributed by atoms with van der Waals surface area (Å²) in [6, 6.07) is 10.8. The van der Waals surface area contributed by atoms with Gasteiger partial charge in [0.05, 0.1) is 16.5 Å². The van der Waals surface area contributed by atoms with E-state index < -0.39 is 0 Å². The van der Waals surface area contributed by atoms with Crippen LogP contribution in [-0.4, -0.2) is 26.4 Å². The Hall–Kier alpha value is -0.900. The van der Waals surface area contributed by atoms with Gasteiger partial charge in [0.15, 0.2) is 5.16 Å². The zero-order valence-corrected chi connectivity index (χ0v) is 21.2. The molecule has 1 aromatic heterocycles. The van der Waals surface area contributed by atoms with Crippen LogP contribution >= 0.6 is 74.3 Å². The number of carbonyl (C=O) groups is 1. The number of aromatic nitrogens is 3. The Balaban J connectivity index is 1.49. The monoisotopic (exact) mass is 564 g/mol. The third-order valence-corrected chi connectivity index (χ3v) is 7.78. The smallest absolute Gasteiger partial charge is 0.234 e. The van der Waals surface area contributed by atoms with Crippen molar-refractivity contribution < 1.29 is 4.79 Å². The fourth-order valence-electron chi connectivity index (χ4n) is 2.39. The molecule has 1 amide bonds. The maximum Gasteiger partial charge on any atom is 0.234 e. The zero-order valence-electron chi connectivity index (χ0n) is 15.7. The van der Waals surface area contributed by atoms with Crippen molar-refractivity contribution in [2.75, 3.05) is 11.1 Å². The summed E-state index contributed by atoms with van der Waals surface area (Å²) in [5.41, 5.74) is 1.66. The molecule has 5 nitrogen and oxygen atoms in total. The number of nitrogens with one attached hydrogen (secondary N) is 1. The van der Waals surface area contributed by atoms with Gasteiger partial charge in [-0.3, -0.25) is 4.79 Å². The largest absolute Gasteiger partial charge is 0.325 e. The van der Waals surface area contributed by atoms with Crippen LogP contribution in [0.2, 0.25) is 15.1 Å². The van der Waals surface area contributed by atoms with E-state index in [1.54, 1.807) is 36.0 Å². The normalized spacial score (nSPS) is 11.0. The van der Waals surface area contributed by atoms with E-state index in [0.29, 0.717) is 31.7 Å². The van der Waals surface area contributed by atoms with Crippen molar-refractivity contribution in [2.45, 2.75) is 16.7 Å². The van der Waals surface area contributed by atoms with Gasteiger partial charge in [-0.25, -0.2) is 0 Å². The number of hydrogen-bond acceptors (Lipinski definition) is 5. The van der Waals surface area contributed by atoms with Crippen molar-refractivity contribution in [3.05, 3.63) is 67.3 Å². The van der Waals surface area contributed by atoms with Crippen molar-refractivity contribution in [3.8, 4) is 0 Å². The number of carbonyl (C=O) groups excluding carboxylic acids is 1. The molecular formula is C19H16BrCl3N4OS2. The fourth-order valence-corrected chi connectivity index (χ4v) is 5.11. The Labute approximate surface area is 206 Å². The number of anilines is 1. The fraction of sp³-hybridized carbons (Fsp3) is 0.211. The second-order valence-electron chi connectivity index (χ2n) is 6.15. The molecule has 3 rings (SSSR count). The van der Waals surface area contributed by atoms with Crippen molar-refractivity contribution >= 4 is 85.9 Å². The SMILES string of the molecule is Cn1c(CSCc2ccc(Cl)cc2Cl)nnc1SCC(=O)Nc1ccc(Br)c(Cl)c1. The summed E-state index contributed by atoms with van der Waals surface area (Å²) in [6.07, 6.45) is 0. The van der Waals surface area contributed by atoms with Gasteiger partial charge in [-0.05, 0) is 51.8 Å². The van der Waals surface area contributed by atoms with Crippen LogP contribution in [0.25, 0.3) is 0 Å². The molecule has 0 fully saturated rings. The Bertz CT molecular complexity index is 1060. The summed E-state index contributed by atoms with van der Waals surface area (Å²) in [4.78, 5) is 12.2. The molecule has 3 aromatic rings.